The van der Waals surface area contributed by atoms with E-state index in [0.717, 1.165) is 6.07 Å². The van der Waals surface area contributed by atoms with Gasteiger partial charge in [-0.1, -0.05) is 11.6 Å². The van der Waals surface area contributed by atoms with Crippen LogP contribution in [0.4, 0.5) is 18.9 Å². The summed E-state index contributed by atoms with van der Waals surface area (Å²) in [7, 11) is -4.11. The Hall–Kier alpha value is -2.71. The van der Waals surface area contributed by atoms with Crippen LogP contribution in [0.2, 0.25) is 5.02 Å². The van der Waals surface area contributed by atoms with E-state index in [0.29, 0.717) is 25.0 Å². The molecule has 2 aromatic rings. The summed E-state index contributed by atoms with van der Waals surface area (Å²) in [5.74, 6) is -7.60. The van der Waals surface area contributed by atoms with Gasteiger partial charge in [0.05, 0.1) is 26.8 Å². The van der Waals surface area contributed by atoms with Gasteiger partial charge in [-0.2, -0.15) is 0 Å². The number of nitrogens with one attached hydrogen (secondary N) is 1. The van der Waals surface area contributed by atoms with Gasteiger partial charge in [0, 0.05) is 36.2 Å². The van der Waals surface area contributed by atoms with E-state index in [2.05, 4.69) is 5.32 Å². The third kappa shape index (κ3) is 6.75. The number of Topliss-reactive ketones (excluding diaryl/α,β-unsaturated/α-hetero) is 1. The smallest absolute Gasteiger partial charge is 0.255 e. The number of benzene rings is 2. The molecular weight excluding hydrogens is 622 g/mol. The van der Waals surface area contributed by atoms with E-state index >= 15 is 0 Å². The van der Waals surface area contributed by atoms with Crippen molar-refractivity contribution in [3.05, 3.63) is 58.4 Å². The Morgan fingerprint density at radius 2 is 1.64 bits per heavy atom. The van der Waals surface area contributed by atoms with Crippen LogP contribution in [0.5, 0.6) is 0 Å². The van der Waals surface area contributed by atoms with E-state index in [1.807, 2.05) is 0 Å². The van der Waals surface area contributed by atoms with E-state index in [9.17, 15) is 41.1 Å². The predicted octanol–water partition coefficient (Wildman–Crippen LogP) is 3.68. The molecule has 0 aromatic heterocycles. The van der Waals surface area contributed by atoms with Gasteiger partial charge in [-0.3, -0.25) is 14.4 Å². The molecule has 0 aliphatic heterocycles. The number of halogens is 5. The first-order valence-electron chi connectivity index (χ1n) is 12.9. The monoisotopic (exact) mass is 651 g/mol. The average molecular weight is 653 g/mol. The second-order valence-electron chi connectivity index (χ2n) is 10.7. The maximum atomic E-state index is 13.7. The summed E-state index contributed by atoms with van der Waals surface area (Å²) in [5, 5.41) is 12.6. The third-order valence-electron chi connectivity index (χ3n) is 8.16. The summed E-state index contributed by atoms with van der Waals surface area (Å²) in [6.45, 7) is 0. The van der Waals surface area contributed by atoms with Crippen molar-refractivity contribution in [2.75, 3.05) is 5.32 Å². The highest BCUT2D eigenvalue weighted by atomic mass is 35.5. The van der Waals surface area contributed by atoms with Crippen molar-refractivity contribution in [1.29, 1.82) is 0 Å². The van der Waals surface area contributed by atoms with Crippen LogP contribution in [-0.2, 0) is 19.4 Å². The largest absolute Gasteiger partial charge is 0.389 e. The Labute approximate surface area is 251 Å². The molecule has 2 fully saturated rings. The molecule has 2 aliphatic rings. The summed E-state index contributed by atoms with van der Waals surface area (Å²) in [6, 6.07) is 3.60. The van der Waals surface area contributed by atoms with Crippen LogP contribution in [0.1, 0.15) is 55.3 Å². The van der Waals surface area contributed by atoms with Crippen LogP contribution in [-0.4, -0.2) is 48.0 Å². The highest BCUT2D eigenvalue weighted by Crippen LogP contribution is 2.54. The van der Waals surface area contributed by atoms with E-state index in [-0.39, 0.29) is 65.7 Å². The van der Waals surface area contributed by atoms with Gasteiger partial charge in [0.15, 0.2) is 27.3 Å². The molecule has 15 heteroatoms. The number of nitrogens with two attached hydrogens (primary N) is 2. The molecule has 9 nitrogen and oxygen atoms in total. The maximum Gasteiger partial charge on any atom is 0.255 e. The second kappa shape index (κ2) is 12.9. The Morgan fingerprint density at radius 1 is 1.07 bits per heavy atom. The van der Waals surface area contributed by atoms with Crippen LogP contribution < -0.4 is 16.8 Å². The number of ketones is 1. The molecule has 0 heterocycles. The number of hydrogen-bond acceptors (Lipinski definition) is 7. The molecule has 6 N–H and O–H groups in total. The lowest BCUT2D eigenvalue weighted by Gasteiger charge is -2.42. The summed E-state index contributed by atoms with van der Waals surface area (Å²) >= 11 is 6.24. The highest BCUT2D eigenvalue weighted by Gasteiger charge is 2.55. The van der Waals surface area contributed by atoms with Gasteiger partial charge in [-0.15, -0.1) is 12.4 Å². The zero-order chi connectivity index (χ0) is 30.3. The number of amides is 2. The van der Waals surface area contributed by atoms with Crippen molar-refractivity contribution in [3.8, 4) is 0 Å². The Bertz CT molecular complexity index is 1470. The molecule has 0 saturated heterocycles. The lowest BCUT2D eigenvalue weighted by Crippen LogP contribution is -2.48. The van der Waals surface area contributed by atoms with Gasteiger partial charge < -0.3 is 21.9 Å². The number of sulfone groups is 1. The van der Waals surface area contributed by atoms with E-state index < -0.39 is 73.6 Å². The first kappa shape index (κ1) is 33.8. The second-order valence-corrected chi connectivity index (χ2v) is 13.3. The zero-order valence-electron chi connectivity index (χ0n) is 22.1. The molecule has 0 spiro atoms. The lowest BCUT2D eigenvalue weighted by atomic mass is 9.71. The van der Waals surface area contributed by atoms with Gasteiger partial charge in [0.1, 0.15) is 5.78 Å². The first-order chi connectivity index (χ1) is 19.1. The Balaban J connectivity index is 0.00000484. The SMILES string of the molecule is Cl.NC(=O)C[C@H](N)C(=O)CCC1(O)C2CC[C@H]1CC(S(=O)(=O)c1cc(C(=O)Nc3cc(F)c(F)c(F)c3)ccc1Cl)C2. The average Bonchev–Trinajstić information content (AvgIpc) is 3.05. The predicted molar refractivity (Wildman–Crippen MR) is 150 cm³/mol. The zero-order valence-corrected chi connectivity index (χ0v) is 24.5. The topological polar surface area (TPSA) is 170 Å². The van der Waals surface area contributed by atoms with Crippen LogP contribution in [0.3, 0.4) is 0 Å². The minimum atomic E-state index is -4.11. The van der Waals surface area contributed by atoms with Crippen LogP contribution in [0.25, 0.3) is 0 Å². The number of primary amides is 1. The minimum absolute atomic E-state index is 0. The van der Waals surface area contributed by atoms with E-state index in [1.54, 1.807) is 0 Å². The summed E-state index contributed by atoms with van der Waals surface area (Å²) in [5.41, 5.74) is 8.99. The maximum absolute atomic E-state index is 13.7. The van der Waals surface area contributed by atoms with Crippen molar-refractivity contribution in [2.24, 2.45) is 23.3 Å². The first-order valence-corrected chi connectivity index (χ1v) is 14.8. The van der Waals surface area contributed by atoms with Gasteiger partial charge in [0.2, 0.25) is 5.91 Å². The molecule has 0 radical (unpaired) electrons. The molecular formula is C27H30Cl2F3N3O6S. The quantitative estimate of drug-likeness (QED) is 0.284. The number of aliphatic hydroxyl groups is 1. The molecule has 42 heavy (non-hydrogen) atoms. The van der Waals surface area contributed by atoms with Crippen molar-refractivity contribution in [1.82, 2.24) is 0 Å². The number of hydrogen-bond donors (Lipinski definition) is 4. The van der Waals surface area contributed by atoms with E-state index in [4.69, 9.17) is 23.1 Å². The Morgan fingerprint density at radius 3 is 2.19 bits per heavy atom. The number of carbonyl (C=O) groups is 3. The van der Waals surface area contributed by atoms with Gasteiger partial charge in [-0.25, -0.2) is 21.6 Å². The normalized spacial score (nSPS) is 24.0. The van der Waals surface area contributed by atoms with Crippen LogP contribution >= 0.6 is 24.0 Å². The van der Waals surface area contributed by atoms with Crippen molar-refractivity contribution in [2.45, 2.75) is 66.7 Å². The fourth-order valence-corrected chi connectivity index (χ4v) is 8.39. The van der Waals surface area contributed by atoms with Gasteiger partial charge in [0.25, 0.3) is 5.91 Å². The lowest BCUT2D eigenvalue weighted by molar-refractivity contribution is -0.127. The molecule has 4 rings (SSSR count). The standard InChI is InChI=1S/C27H29ClF3N3O6S.ClH/c28-18-4-1-13(26(37)34-16-10-19(29)25(31)20(30)11-16)7-23(18)41(39,40)17-8-14-2-3-15(9-17)27(14,38)6-5-22(35)21(32)12-24(33)36;/h1,4,7,10-11,14-15,17,21,38H,2-3,5-6,8-9,12,32H2,(H2,33,36)(H,34,37);1H/t14-,15?,17?,21-,27?;/m0./s1. The number of rotatable bonds is 10. The van der Waals surface area contributed by atoms with E-state index in [1.165, 1.54) is 12.1 Å². The molecule has 2 saturated carbocycles. The molecule has 3 unspecified atom stereocenters. The van der Waals surface area contributed by atoms with Crippen LogP contribution in [0, 0.1) is 29.3 Å². The fraction of sp³-hybridized carbons (Fsp3) is 0.444. The number of fused-ring (bicyclic) bond motifs is 2. The minimum Gasteiger partial charge on any atom is -0.389 e. The number of carbonyl (C=O) groups excluding carboxylic acids is 3. The molecule has 2 aliphatic carbocycles. The Kier molecular flexibility index (Phi) is 10.4. The van der Waals surface area contributed by atoms with Crippen molar-refractivity contribution in [3.63, 3.8) is 0 Å². The molecule has 230 valence electrons. The summed E-state index contributed by atoms with van der Waals surface area (Å²) in [4.78, 5) is 35.8. The molecule has 5 atom stereocenters. The van der Waals surface area contributed by atoms with Crippen molar-refractivity contribution < 1.29 is 41.1 Å². The van der Waals surface area contributed by atoms with Gasteiger partial charge in [-0.05, 0) is 62.1 Å². The van der Waals surface area contributed by atoms with Crippen molar-refractivity contribution >= 4 is 57.1 Å². The molecule has 2 aromatic carbocycles. The highest BCUT2D eigenvalue weighted by molar-refractivity contribution is 7.92. The van der Waals surface area contributed by atoms with Gasteiger partial charge >= 0.3 is 0 Å². The fourth-order valence-electron chi connectivity index (χ4n) is 5.98. The van der Waals surface area contributed by atoms with Crippen LogP contribution in [0.15, 0.2) is 35.2 Å². The third-order valence-corrected chi connectivity index (χ3v) is 10.8. The molecule has 2 bridgehead atoms. The molecule has 2 amide bonds. The summed E-state index contributed by atoms with van der Waals surface area (Å²) in [6.07, 6.45) is 0.975. The summed E-state index contributed by atoms with van der Waals surface area (Å²) < 4.78 is 67.7. The number of anilines is 1.